The monoisotopic (exact) mass is 489 g/mol. The van der Waals surface area contributed by atoms with Gasteiger partial charge in [-0.1, -0.05) is 19.1 Å². The lowest BCUT2D eigenvalue weighted by Crippen LogP contribution is -2.47. The Labute approximate surface area is 209 Å². The number of fused-ring (bicyclic) bond motifs is 2. The molecule has 0 atom stereocenters. The average molecular weight is 490 g/mol. The Morgan fingerprint density at radius 3 is 2.44 bits per heavy atom. The van der Waals surface area contributed by atoms with E-state index < -0.39 is 0 Å². The van der Waals surface area contributed by atoms with Gasteiger partial charge in [-0.2, -0.15) is 9.97 Å². The molecule has 1 amide bonds. The van der Waals surface area contributed by atoms with E-state index in [0.717, 1.165) is 42.2 Å². The number of hydrogen-bond donors (Lipinski definition) is 0. The van der Waals surface area contributed by atoms with Gasteiger partial charge in [-0.15, -0.1) is 0 Å². The van der Waals surface area contributed by atoms with E-state index in [1.807, 2.05) is 45.3 Å². The summed E-state index contributed by atoms with van der Waals surface area (Å²) in [5, 5.41) is 0. The molecule has 4 aromatic rings. The molecular formula is C25H31N9O2. The summed E-state index contributed by atoms with van der Waals surface area (Å²) >= 11 is 0. The maximum absolute atomic E-state index is 13.5. The van der Waals surface area contributed by atoms with Gasteiger partial charge in [-0.3, -0.25) is 9.36 Å². The molecule has 0 saturated carbocycles. The highest BCUT2D eigenvalue weighted by molar-refractivity contribution is 5.96. The number of carbonyl (C=O) groups is 1. The fourth-order valence-corrected chi connectivity index (χ4v) is 5.01. The second-order valence-electron chi connectivity index (χ2n) is 9.41. The molecule has 1 aromatic carbocycles. The predicted molar refractivity (Wildman–Crippen MR) is 137 cm³/mol. The molecule has 2 aliphatic heterocycles. The molecule has 5 heterocycles. The molecule has 188 valence electrons. The SMILES string of the molecule is CCc1nc2ccccc2n1-c1nc(N2CCOCC2)c2nc(C(=O)N3CCN(C)CC3)n(C)c2n1. The number of nitrogens with zero attached hydrogens (tertiary/aromatic N) is 9. The number of aryl methyl sites for hydroxylation is 2. The number of piperazine rings is 1. The van der Waals surface area contributed by atoms with E-state index in [1.54, 1.807) is 0 Å². The Balaban J connectivity index is 1.53. The smallest absolute Gasteiger partial charge is 0.290 e. The Bertz CT molecular complexity index is 1430. The summed E-state index contributed by atoms with van der Waals surface area (Å²) in [5.41, 5.74) is 3.14. The van der Waals surface area contributed by atoms with Gasteiger partial charge in [0.2, 0.25) is 11.8 Å². The van der Waals surface area contributed by atoms with E-state index in [9.17, 15) is 4.79 Å². The molecule has 0 N–H and O–H groups in total. The molecule has 2 fully saturated rings. The number of ether oxygens (including phenoxy) is 1. The lowest BCUT2D eigenvalue weighted by Gasteiger charge is -2.32. The summed E-state index contributed by atoms with van der Waals surface area (Å²) in [6.45, 7) is 7.81. The van der Waals surface area contributed by atoms with E-state index in [0.29, 0.717) is 62.3 Å². The number of benzene rings is 1. The van der Waals surface area contributed by atoms with Gasteiger partial charge in [0.05, 0.1) is 24.2 Å². The summed E-state index contributed by atoms with van der Waals surface area (Å²) in [7, 11) is 3.94. The summed E-state index contributed by atoms with van der Waals surface area (Å²) in [6.07, 6.45) is 0.738. The minimum Gasteiger partial charge on any atom is -0.378 e. The van der Waals surface area contributed by atoms with Crippen molar-refractivity contribution in [3.8, 4) is 5.95 Å². The van der Waals surface area contributed by atoms with Crippen LogP contribution in [-0.2, 0) is 18.2 Å². The predicted octanol–water partition coefficient (Wildman–Crippen LogP) is 1.49. The van der Waals surface area contributed by atoms with Crippen LogP contribution in [0.5, 0.6) is 0 Å². The van der Waals surface area contributed by atoms with Crippen LogP contribution in [0.15, 0.2) is 24.3 Å². The third-order valence-electron chi connectivity index (χ3n) is 7.13. The van der Waals surface area contributed by atoms with Crippen molar-refractivity contribution in [3.05, 3.63) is 35.9 Å². The van der Waals surface area contributed by atoms with Crippen molar-refractivity contribution in [2.24, 2.45) is 7.05 Å². The number of aromatic nitrogens is 6. The number of para-hydroxylation sites is 2. The van der Waals surface area contributed by atoms with Gasteiger partial charge in [0.15, 0.2) is 17.0 Å². The zero-order chi connectivity index (χ0) is 24.8. The Morgan fingerprint density at radius 1 is 0.944 bits per heavy atom. The summed E-state index contributed by atoms with van der Waals surface area (Å²) in [5.74, 6) is 2.48. The molecule has 11 nitrogen and oxygen atoms in total. The zero-order valence-electron chi connectivity index (χ0n) is 21.0. The summed E-state index contributed by atoms with van der Waals surface area (Å²) < 4.78 is 9.43. The van der Waals surface area contributed by atoms with Crippen LogP contribution in [0, 0.1) is 0 Å². The van der Waals surface area contributed by atoms with Crippen molar-refractivity contribution in [1.29, 1.82) is 0 Å². The van der Waals surface area contributed by atoms with E-state index in [2.05, 4.69) is 23.8 Å². The lowest BCUT2D eigenvalue weighted by atomic mass is 10.3. The molecule has 11 heteroatoms. The van der Waals surface area contributed by atoms with Crippen LogP contribution in [0.2, 0.25) is 0 Å². The number of imidazole rings is 2. The fourth-order valence-electron chi connectivity index (χ4n) is 5.01. The minimum absolute atomic E-state index is 0.0691. The highest BCUT2D eigenvalue weighted by Gasteiger charge is 2.29. The fraction of sp³-hybridized carbons (Fsp3) is 0.480. The van der Waals surface area contributed by atoms with Gasteiger partial charge in [0.25, 0.3) is 5.91 Å². The summed E-state index contributed by atoms with van der Waals surface area (Å²) in [6, 6.07) is 8.02. The van der Waals surface area contributed by atoms with Gasteiger partial charge >= 0.3 is 0 Å². The van der Waals surface area contributed by atoms with Crippen molar-refractivity contribution in [2.45, 2.75) is 13.3 Å². The van der Waals surface area contributed by atoms with Crippen LogP contribution in [-0.4, -0.2) is 104 Å². The molecule has 0 spiro atoms. The van der Waals surface area contributed by atoms with E-state index in [1.165, 1.54) is 0 Å². The number of carbonyl (C=O) groups excluding carboxylic acids is 1. The zero-order valence-corrected chi connectivity index (χ0v) is 21.0. The van der Waals surface area contributed by atoms with Crippen LogP contribution in [0.25, 0.3) is 28.1 Å². The van der Waals surface area contributed by atoms with Crippen LogP contribution in [0.3, 0.4) is 0 Å². The molecule has 2 aliphatic rings. The van der Waals surface area contributed by atoms with E-state index in [4.69, 9.17) is 24.7 Å². The highest BCUT2D eigenvalue weighted by Crippen LogP contribution is 2.28. The van der Waals surface area contributed by atoms with Gasteiger partial charge < -0.3 is 24.0 Å². The van der Waals surface area contributed by atoms with Gasteiger partial charge in [-0.05, 0) is 19.2 Å². The van der Waals surface area contributed by atoms with Gasteiger partial charge in [0, 0.05) is 52.7 Å². The molecule has 2 saturated heterocycles. The number of hydrogen-bond acceptors (Lipinski definition) is 8. The third kappa shape index (κ3) is 3.79. The van der Waals surface area contributed by atoms with Gasteiger partial charge in [0.1, 0.15) is 5.82 Å². The maximum Gasteiger partial charge on any atom is 0.290 e. The minimum atomic E-state index is -0.0691. The van der Waals surface area contributed by atoms with Crippen LogP contribution in [0.4, 0.5) is 5.82 Å². The van der Waals surface area contributed by atoms with Crippen molar-refractivity contribution >= 4 is 33.9 Å². The number of rotatable bonds is 4. The maximum atomic E-state index is 13.5. The number of anilines is 1. The Kier molecular flexibility index (Phi) is 5.81. The van der Waals surface area contributed by atoms with Crippen molar-refractivity contribution in [1.82, 2.24) is 38.9 Å². The molecular weight excluding hydrogens is 458 g/mol. The Hall–Kier alpha value is -3.57. The normalized spacial score (nSPS) is 17.4. The highest BCUT2D eigenvalue weighted by atomic mass is 16.5. The number of amides is 1. The molecule has 36 heavy (non-hydrogen) atoms. The first-order valence-electron chi connectivity index (χ1n) is 12.6. The molecule has 3 aromatic heterocycles. The number of morpholine rings is 1. The molecule has 0 aliphatic carbocycles. The van der Waals surface area contributed by atoms with Crippen LogP contribution >= 0.6 is 0 Å². The van der Waals surface area contributed by atoms with Crippen molar-refractivity contribution in [3.63, 3.8) is 0 Å². The molecule has 0 bridgehead atoms. The summed E-state index contributed by atoms with van der Waals surface area (Å²) in [4.78, 5) is 39.4. The average Bonchev–Trinajstić information content (AvgIpc) is 3.46. The largest absolute Gasteiger partial charge is 0.378 e. The standard InChI is InChI=1S/C25H31N9O2/c1-4-19-26-17-7-5-6-8-18(17)34(19)25-28-21-20(22(29-25)32-13-15-36-16-14-32)27-23(31(21)3)24(35)33-11-9-30(2)10-12-33/h5-8H,4,9-16H2,1-3H3. The second kappa shape index (κ2) is 9.14. The third-order valence-corrected chi connectivity index (χ3v) is 7.13. The first-order chi connectivity index (χ1) is 17.5. The first-order valence-corrected chi connectivity index (χ1v) is 12.6. The van der Waals surface area contributed by atoms with Crippen LogP contribution in [0.1, 0.15) is 23.4 Å². The van der Waals surface area contributed by atoms with Crippen LogP contribution < -0.4 is 4.90 Å². The second-order valence-corrected chi connectivity index (χ2v) is 9.41. The van der Waals surface area contributed by atoms with Crippen molar-refractivity contribution < 1.29 is 9.53 Å². The van der Waals surface area contributed by atoms with E-state index >= 15 is 0 Å². The first kappa shape index (κ1) is 22.9. The van der Waals surface area contributed by atoms with E-state index in [-0.39, 0.29) is 5.91 Å². The molecule has 0 radical (unpaired) electrons. The lowest BCUT2D eigenvalue weighted by molar-refractivity contribution is 0.0649. The quantitative estimate of drug-likeness (QED) is 0.425. The Morgan fingerprint density at radius 2 is 1.69 bits per heavy atom. The molecule has 0 unspecified atom stereocenters. The molecule has 6 rings (SSSR count). The van der Waals surface area contributed by atoms with Gasteiger partial charge in [-0.25, -0.2) is 9.97 Å². The number of likely N-dealkylation sites (N-methyl/N-ethyl adjacent to an activating group) is 1. The van der Waals surface area contributed by atoms with Crippen molar-refractivity contribution in [2.75, 3.05) is 64.4 Å². The topological polar surface area (TPSA) is 97.4 Å².